The third-order valence-electron chi connectivity index (χ3n) is 4.59. The molecule has 0 heterocycles. The molecule has 1 aliphatic rings. The molecule has 0 atom stereocenters. The maximum atomic E-state index is 12.6. The van der Waals surface area contributed by atoms with Gasteiger partial charge in [-0.2, -0.15) is 0 Å². The van der Waals surface area contributed by atoms with Crippen LogP contribution in [0.4, 0.5) is 0 Å². The van der Waals surface area contributed by atoms with Crippen molar-refractivity contribution in [2.24, 2.45) is 5.41 Å². The average molecular weight is 310 g/mol. The van der Waals surface area contributed by atoms with Crippen LogP contribution in [-0.4, -0.2) is 5.78 Å². The first kappa shape index (κ1) is 17.7. The summed E-state index contributed by atoms with van der Waals surface area (Å²) in [7, 11) is 0. The molecule has 0 aliphatic heterocycles. The number of unbranched alkanes of at least 4 members (excludes halogenated alkanes) is 3. The number of rotatable bonds is 7. The van der Waals surface area contributed by atoms with Crippen LogP contribution in [0, 0.1) is 5.41 Å². The second-order valence-electron chi connectivity index (χ2n) is 7.50. The van der Waals surface area contributed by atoms with Crippen molar-refractivity contribution < 1.29 is 4.79 Å². The van der Waals surface area contributed by atoms with Crippen molar-refractivity contribution >= 4 is 11.9 Å². The highest BCUT2D eigenvalue weighted by Gasteiger charge is 2.31. The molecule has 1 heteroatoms. The second-order valence-corrected chi connectivity index (χ2v) is 7.50. The minimum absolute atomic E-state index is 0.0837. The van der Waals surface area contributed by atoms with Crippen molar-refractivity contribution in [3.8, 4) is 0 Å². The summed E-state index contributed by atoms with van der Waals surface area (Å²) in [6.07, 6.45) is 11.8. The van der Waals surface area contributed by atoms with Gasteiger partial charge in [-0.05, 0) is 41.4 Å². The Kier molecular flexibility index (Phi) is 6.38. The lowest BCUT2D eigenvalue weighted by Gasteiger charge is -2.31. The lowest BCUT2D eigenvalue weighted by atomic mass is 9.72. The number of carbonyl (C=O) groups is 1. The molecular weight excluding hydrogens is 280 g/mol. The summed E-state index contributed by atoms with van der Waals surface area (Å²) in [5, 5.41) is 0. The number of carbonyl (C=O) groups excluding carboxylic acids is 1. The summed E-state index contributed by atoms with van der Waals surface area (Å²) in [6.45, 7) is 6.63. The van der Waals surface area contributed by atoms with Crippen molar-refractivity contribution in [2.75, 3.05) is 0 Å². The third-order valence-corrected chi connectivity index (χ3v) is 4.59. The first-order valence-electron chi connectivity index (χ1n) is 9.00. The SMILES string of the molecule is CCCCCCC1=C(C=Cc2ccccc2)CC(C)(C)CC1=O. The van der Waals surface area contributed by atoms with Crippen LogP contribution in [0.1, 0.15) is 71.3 Å². The van der Waals surface area contributed by atoms with E-state index in [-0.39, 0.29) is 5.41 Å². The Morgan fingerprint density at radius 1 is 1.00 bits per heavy atom. The van der Waals surface area contributed by atoms with Crippen molar-refractivity contribution in [3.05, 3.63) is 53.1 Å². The summed E-state index contributed by atoms with van der Waals surface area (Å²) >= 11 is 0. The van der Waals surface area contributed by atoms with Gasteiger partial charge in [-0.25, -0.2) is 0 Å². The number of hydrogen-bond acceptors (Lipinski definition) is 1. The molecule has 0 N–H and O–H groups in total. The monoisotopic (exact) mass is 310 g/mol. The molecule has 0 saturated carbocycles. The van der Waals surface area contributed by atoms with Gasteiger partial charge in [0.25, 0.3) is 0 Å². The van der Waals surface area contributed by atoms with Gasteiger partial charge in [0, 0.05) is 6.42 Å². The predicted octanol–water partition coefficient (Wildman–Crippen LogP) is 6.36. The molecule has 124 valence electrons. The number of Topliss-reactive ketones (excluding diaryl/α,β-unsaturated/α-hetero) is 1. The lowest BCUT2D eigenvalue weighted by Crippen LogP contribution is -2.25. The maximum Gasteiger partial charge on any atom is 0.159 e. The zero-order valence-electron chi connectivity index (χ0n) is 14.9. The Morgan fingerprint density at radius 3 is 2.43 bits per heavy atom. The quantitative estimate of drug-likeness (QED) is 0.536. The molecule has 0 unspecified atom stereocenters. The Morgan fingerprint density at radius 2 is 1.74 bits per heavy atom. The molecule has 0 saturated heterocycles. The number of ketones is 1. The van der Waals surface area contributed by atoms with Crippen LogP contribution in [0.3, 0.4) is 0 Å². The molecule has 1 aromatic carbocycles. The summed E-state index contributed by atoms with van der Waals surface area (Å²) in [6, 6.07) is 10.3. The van der Waals surface area contributed by atoms with Crippen LogP contribution in [-0.2, 0) is 4.79 Å². The number of allylic oxidation sites excluding steroid dienone is 3. The van der Waals surface area contributed by atoms with Gasteiger partial charge in [-0.15, -0.1) is 0 Å². The van der Waals surface area contributed by atoms with Gasteiger partial charge >= 0.3 is 0 Å². The van der Waals surface area contributed by atoms with E-state index in [1.54, 1.807) is 0 Å². The molecule has 0 radical (unpaired) electrons. The van der Waals surface area contributed by atoms with Crippen LogP contribution in [0.5, 0.6) is 0 Å². The van der Waals surface area contributed by atoms with Crippen molar-refractivity contribution in [2.45, 2.75) is 65.7 Å². The minimum atomic E-state index is 0.0837. The highest BCUT2D eigenvalue weighted by Crippen LogP contribution is 2.39. The number of hydrogen-bond donors (Lipinski definition) is 0. The molecule has 1 aromatic rings. The topological polar surface area (TPSA) is 17.1 Å². The fraction of sp³-hybridized carbons (Fsp3) is 0.500. The van der Waals surface area contributed by atoms with E-state index in [0.717, 1.165) is 24.8 Å². The molecule has 0 spiro atoms. The first-order chi connectivity index (χ1) is 11.0. The summed E-state index contributed by atoms with van der Waals surface area (Å²) in [5.41, 5.74) is 3.63. The molecule has 1 nitrogen and oxygen atoms in total. The van der Waals surface area contributed by atoms with E-state index in [2.05, 4.69) is 57.2 Å². The van der Waals surface area contributed by atoms with Crippen LogP contribution >= 0.6 is 0 Å². The Balaban J connectivity index is 2.18. The van der Waals surface area contributed by atoms with Gasteiger partial charge in [-0.1, -0.05) is 82.5 Å². The number of benzene rings is 1. The summed E-state index contributed by atoms with van der Waals surface area (Å²) in [5.74, 6) is 0.366. The largest absolute Gasteiger partial charge is 0.295 e. The highest BCUT2D eigenvalue weighted by molar-refractivity contribution is 5.98. The molecule has 0 fully saturated rings. The molecule has 0 bridgehead atoms. The van der Waals surface area contributed by atoms with Gasteiger partial charge in [0.2, 0.25) is 0 Å². The molecule has 0 amide bonds. The zero-order chi connectivity index (χ0) is 16.7. The first-order valence-corrected chi connectivity index (χ1v) is 9.00. The van der Waals surface area contributed by atoms with Crippen LogP contribution in [0.2, 0.25) is 0 Å². The van der Waals surface area contributed by atoms with Gasteiger partial charge < -0.3 is 0 Å². The van der Waals surface area contributed by atoms with E-state index in [1.807, 2.05) is 6.07 Å². The molecule has 23 heavy (non-hydrogen) atoms. The maximum absolute atomic E-state index is 12.6. The van der Waals surface area contributed by atoms with Gasteiger partial charge in [0.15, 0.2) is 5.78 Å². The van der Waals surface area contributed by atoms with Crippen LogP contribution in [0.25, 0.3) is 6.08 Å². The molecule has 1 aliphatic carbocycles. The highest BCUT2D eigenvalue weighted by atomic mass is 16.1. The van der Waals surface area contributed by atoms with Gasteiger partial charge in [0.05, 0.1) is 0 Å². The van der Waals surface area contributed by atoms with E-state index >= 15 is 0 Å². The molecule has 2 rings (SSSR count). The van der Waals surface area contributed by atoms with Crippen molar-refractivity contribution in [1.29, 1.82) is 0 Å². The average Bonchev–Trinajstić information content (AvgIpc) is 2.51. The summed E-state index contributed by atoms with van der Waals surface area (Å²) in [4.78, 5) is 12.6. The van der Waals surface area contributed by atoms with Crippen LogP contribution in [0.15, 0.2) is 47.6 Å². The van der Waals surface area contributed by atoms with Gasteiger partial charge in [0.1, 0.15) is 0 Å². The zero-order valence-corrected chi connectivity index (χ0v) is 14.9. The Bertz CT molecular complexity index is 575. The smallest absolute Gasteiger partial charge is 0.159 e. The normalized spacial score (nSPS) is 18.0. The van der Waals surface area contributed by atoms with E-state index in [0.29, 0.717) is 12.2 Å². The van der Waals surface area contributed by atoms with E-state index in [4.69, 9.17) is 0 Å². The Labute approximate surface area is 141 Å². The molecule has 0 aromatic heterocycles. The predicted molar refractivity (Wildman–Crippen MR) is 99.3 cm³/mol. The standard InChI is InChI=1S/C22H30O/c1-4-5-6-10-13-20-19(16-22(2,3)17-21(20)23)15-14-18-11-8-7-9-12-18/h7-9,11-12,14-15H,4-6,10,13,16-17H2,1-3H3. The van der Waals surface area contributed by atoms with Crippen molar-refractivity contribution in [1.82, 2.24) is 0 Å². The van der Waals surface area contributed by atoms with Crippen LogP contribution < -0.4 is 0 Å². The van der Waals surface area contributed by atoms with Gasteiger partial charge in [-0.3, -0.25) is 4.79 Å². The second kappa shape index (κ2) is 8.29. The lowest BCUT2D eigenvalue weighted by molar-refractivity contribution is -0.118. The van der Waals surface area contributed by atoms with E-state index in [9.17, 15) is 4.79 Å². The molecular formula is C22H30O. The fourth-order valence-corrected chi connectivity index (χ4v) is 3.35. The van der Waals surface area contributed by atoms with Crippen molar-refractivity contribution in [3.63, 3.8) is 0 Å². The van der Waals surface area contributed by atoms with E-state index in [1.165, 1.54) is 30.4 Å². The van der Waals surface area contributed by atoms with E-state index < -0.39 is 0 Å². The Hall–Kier alpha value is -1.63. The fourth-order valence-electron chi connectivity index (χ4n) is 3.35. The third kappa shape index (κ3) is 5.49. The summed E-state index contributed by atoms with van der Waals surface area (Å²) < 4.78 is 0. The minimum Gasteiger partial charge on any atom is -0.295 e.